The molecule has 0 saturated carbocycles. The molecule has 4 heteroatoms. The van der Waals surface area contributed by atoms with Gasteiger partial charge in [-0.1, -0.05) is 0 Å². The van der Waals surface area contributed by atoms with E-state index in [1.807, 2.05) is 18.4 Å². The average Bonchev–Trinajstić information content (AvgIpc) is 2.56. The molecular formula is C8H7N3S. The fraction of sp³-hybridized carbons (Fsp3) is 0.125. The Morgan fingerprint density at radius 1 is 1.42 bits per heavy atom. The summed E-state index contributed by atoms with van der Waals surface area (Å²) in [6.45, 7) is 1.95. The van der Waals surface area contributed by atoms with Crippen LogP contribution in [0.25, 0.3) is 11.4 Å². The Hall–Kier alpha value is -1.29. The van der Waals surface area contributed by atoms with E-state index < -0.39 is 0 Å². The van der Waals surface area contributed by atoms with Gasteiger partial charge in [-0.2, -0.15) is 0 Å². The predicted molar refractivity (Wildman–Crippen MR) is 47.9 cm³/mol. The summed E-state index contributed by atoms with van der Waals surface area (Å²) in [7, 11) is 0. The zero-order valence-electron chi connectivity index (χ0n) is 6.56. The first kappa shape index (κ1) is 7.36. The lowest BCUT2D eigenvalue weighted by molar-refractivity contribution is 1.11. The SMILES string of the molecule is Cc1ccnc(-c2cnsc2)n1. The molecule has 2 heterocycles. The predicted octanol–water partition coefficient (Wildman–Crippen LogP) is 1.91. The van der Waals surface area contributed by atoms with Crippen molar-refractivity contribution in [3.63, 3.8) is 0 Å². The van der Waals surface area contributed by atoms with Crippen LogP contribution in [-0.2, 0) is 0 Å². The topological polar surface area (TPSA) is 38.7 Å². The van der Waals surface area contributed by atoms with E-state index in [0.717, 1.165) is 17.1 Å². The summed E-state index contributed by atoms with van der Waals surface area (Å²) < 4.78 is 3.99. The van der Waals surface area contributed by atoms with Gasteiger partial charge >= 0.3 is 0 Å². The van der Waals surface area contributed by atoms with Crippen LogP contribution in [0.15, 0.2) is 23.8 Å². The maximum Gasteiger partial charge on any atom is 0.161 e. The average molecular weight is 177 g/mol. The quantitative estimate of drug-likeness (QED) is 0.667. The molecule has 2 aromatic heterocycles. The number of aryl methyl sites for hydroxylation is 1. The van der Waals surface area contributed by atoms with Crippen molar-refractivity contribution in [3.05, 3.63) is 29.5 Å². The Kier molecular flexibility index (Phi) is 1.83. The molecule has 12 heavy (non-hydrogen) atoms. The minimum absolute atomic E-state index is 0.753. The van der Waals surface area contributed by atoms with Crippen LogP contribution in [0.1, 0.15) is 5.69 Å². The lowest BCUT2D eigenvalue weighted by atomic mass is 10.3. The van der Waals surface area contributed by atoms with Crippen molar-refractivity contribution in [1.82, 2.24) is 14.3 Å². The lowest BCUT2D eigenvalue weighted by Crippen LogP contribution is -1.88. The van der Waals surface area contributed by atoms with Crippen molar-refractivity contribution in [1.29, 1.82) is 0 Å². The Morgan fingerprint density at radius 2 is 2.33 bits per heavy atom. The number of rotatable bonds is 1. The van der Waals surface area contributed by atoms with Gasteiger partial charge in [-0.15, -0.1) is 0 Å². The van der Waals surface area contributed by atoms with Crippen molar-refractivity contribution in [2.45, 2.75) is 6.92 Å². The molecule has 0 N–H and O–H groups in total. The molecule has 0 aliphatic heterocycles. The molecule has 0 aromatic carbocycles. The van der Waals surface area contributed by atoms with Crippen LogP contribution in [0.5, 0.6) is 0 Å². The van der Waals surface area contributed by atoms with E-state index in [2.05, 4.69) is 14.3 Å². The van der Waals surface area contributed by atoms with Gasteiger partial charge in [0.15, 0.2) is 5.82 Å². The second-order valence-corrected chi connectivity index (χ2v) is 3.09. The highest BCUT2D eigenvalue weighted by Gasteiger charge is 2.00. The van der Waals surface area contributed by atoms with Crippen LogP contribution < -0.4 is 0 Å². The van der Waals surface area contributed by atoms with Gasteiger partial charge in [-0.3, -0.25) is 0 Å². The van der Waals surface area contributed by atoms with Gasteiger partial charge in [0.1, 0.15) is 0 Å². The molecular weight excluding hydrogens is 170 g/mol. The van der Waals surface area contributed by atoms with Crippen LogP contribution in [0.4, 0.5) is 0 Å². The van der Waals surface area contributed by atoms with E-state index in [4.69, 9.17) is 0 Å². The van der Waals surface area contributed by atoms with Gasteiger partial charge < -0.3 is 0 Å². The van der Waals surface area contributed by atoms with Crippen molar-refractivity contribution < 1.29 is 0 Å². The lowest BCUT2D eigenvalue weighted by Gasteiger charge is -1.95. The molecule has 0 amide bonds. The number of aromatic nitrogens is 3. The van der Waals surface area contributed by atoms with Crippen LogP contribution in [0.2, 0.25) is 0 Å². The molecule has 2 aromatic rings. The minimum atomic E-state index is 0.753. The summed E-state index contributed by atoms with van der Waals surface area (Å²) in [4.78, 5) is 8.41. The summed E-state index contributed by atoms with van der Waals surface area (Å²) in [6.07, 6.45) is 3.54. The van der Waals surface area contributed by atoms with Crippen LogP contribution in [-0.4, -0.2) is 14.3 Å². The van der Waals surface area contributed by atoms with Gasteiger partial charge in [-0.05, 0) is 24.5 Å². The maximum absolute atomic E-state index is 4.27. The second kappa shape index (κ2) is 2.98. The minimum Gasteiger partial charge on any atom is -0.236 e. The largest absolute Gasteiger partial charge is 0.236 e. The van der Waals surface area contributed by atoms with Gasteiger partial charge in [0.05, 0.1) is 6.20 Å². The first-order valence-electron chi connectivity index (χ1n) is 3.55. The molecule has 0 saturated heterocycles. The number of hydrogen-bond acceptors (Lipinski definition) is 4. The fourth-order valence-electron chi connectivity index (χ4n) is 0.903. The molecule has 3 nitrogen and oxygen atoms in total. The van der Waals surface area contributed by atoms with Crippen molar-refractivity contribution >= 4 is 11.5 Å². The third-order valence-electron chi connectivity index (χ3n) is 1.49. The zero-order valence-corrected chi connectivity index (χ0v) is 7.38. The Balaban J connectivity index is 2.48. The van der Waals surface area contributed by atoms with Crippen LogP contribution in [0, 0.1) is 6.92 Å². The fourth-order valence-corrected chi connectivity index (χ4v) is 1.42. The van der Waals surface area contributed by atoms with Crippen LogP contribution >= 0.6 is 11.5 Å². The summed E-state index contributed by atoms with van der Waals surface area (Å²) in [5.74, 6) is 0.753. The van der Waals surface area contributed by atoms with Crippen LogP contribution in [0.3, 0.4) is 0 Å². The smallest absolute Gasteiger partial charge is 0.161 e. The third-order valence-corrected chi connectivity index (χ3v) is 2.07. The van der Waals surface area contributed by atoms with E-state index in [0.29, 0.717) is 0 Å². The normalized spacial score (nSPS) is 10.1. The van der Waals surface area contributed by atoms with E-state index in [1.54, 1.807) is 12.4 Å². The highest BCUT2D eigenvalue weighted by molar-refractivity contribution is 7.03. The first-order chi connectivity index (χ1) is 5.86. The van der Waals surface area contributed by atoms with Gasteiger partial charge in [0.25, 0.3) is 0 Å². The van der Waals surface area contributed by atoms with Gasteiger partial charge in [-0.25, -0.2) is 14.3 Å². The van der Waals surface area contributed by atoms with E-state index in [9.17, 15) is 0 Å². The highest BCUT2D eigenvalue weighted by atomic mass is 32.1. The highest BCUT2D eigenvalue weighted by Crippen LogP contribution is 2.14. The molecule has 0 fully saturated rings. The van der Waals surface area contributed by atoms with Crippen molar-refractivity contribution in [3.8, 4) is 11.4 Å². The summed E-state index contributed by atoms with van der Waals surface area (Å²) in [6, 6.07) is 1.88. The molecule has 2 rings (SSSR count). The molecule has 0 bridgehead atoms. The van der Waals surface area contributed by atoms with Gasteiger partial charge in [0.2, 0.25) is 0 Å². The van der Waals surface area contributed by atoms with E-state index in [-0.39, 0.29) is 0 Å². The molecule has 60 valence electrons. The maximum atomic E-state index is 4.27. The number of nitrogens with zero attached hydrogens (tertiary/aromatic N) is 3. The molecule has 0 spiro atoms. The van der Waals surface area contributed by atoms with Crippen molar-refractivity contribution in [2.75, 3.05) is 0 Å². The molecule has 0 atom stereocenters. The number of hydrogen-bond donors (Lipinski definition) is 0. The summed E-state index contributed by atoms with van der Waals surface area (Å²) in [5, 5.41) is 1.94. The zero-order chi connectivity index (χ0) is 8.39. The molecule has 0 unspecified atom stereocenters. The molecule has 0 aliphatic carbocycles. The Morgan fingerprint density at radius 3 is 3.00 bits per heavy atom. The van der Waals surface area contributed by atoms with E-state index in [1.165, 1.54) is 11.5 Å². The summed E-state index contributed by atoms with van der Waals surface area (Å²) in [5.41, 5.74) is 1.97. The summed E-state index contributed by atoms with van der Waals surface area (Å²) >= 11 is 1.41. The standard InChI is InChI=1S/C8H7N3S/c1-6-2-3-9-8(11-6)7-4-10-12-5-7/h2-5H,1H3. The third kappa shape index (κ3) is 1.33. The Labute approximate surface area is 74.3 Å². The second-order valence-electron chi connectivity index (χ2n) is 2.43. The first-order valence-corrected chi connectivity index (χ1v) is 4.39. The van der Waals surface area contributed by atoms with E-state index >= 15 is 0 Å². The molecule has 0 radical (unpaired) electrons. The Bertz CT molecular complexity index is 370. The molecule has 0 aliphatic rings. The van der Waals surface area contributed by atoms with Crippen molar-refractivity contribution in [2.24, 2.45) is 0 Å². The van der Waals surface area contributed by atoms with Gasteiger partial charge in [0, 0.05) is 22.8 Å². The monoisotopic (exact) mass is 177 g/mol.